The van der Waals surface area contributed by atoms with Crippen molar-refractivity contribution in [3.05, 3.63) is 23.5 Å². The van der Waals surface area contributed by atoms with Gasteiger partial charge in [0.25, 0.3) is 0 Å². The zero-order chi connectivity index (χ0) is 15.7. The van der Waals surface area contributed by atoms with Crippen molar-refractivity contribution in [1.29, 1.82) is 0 Å². The van der Waals surface area contributed by atoms with Crippen LogP contribution in [0.3, 0.4) is 0 Å². The monoisotopic (exact) mass is 313 g/mol. The van der Waals surface area contributed by atoms with Crippen LogP contribution in [-0.4, -0.2) is 41.1 Å². The van der Waals surface area contributed by atoms with Crippen LogP contribution in [0.5, 0.6) is 5.75 Å². The highest BCUT2D eigenvalue weighted by Crippen LogP contribution is 2.36. The van der Waals surface area contributed by atoms with Crippen LogP contribution >= 0.6 is 0 Å². The van der Waals surface area contributed by atoms with Crippen molar-refractivity contribution in [2.75, 3.05) is 26.2 Å². The lowest BCUT2D eigenvalue weighted by atomic mass is 10.1. The third kappa shape index (κ3) is 3.19. The highest BCUT2D eigenvalue weighted by molar-refractivity contribution is 5.81. The second kappa shape index (κ2) is 5.79. The summed E-state index contributed by atoms with van der Waals surface area (Å²) < 4.78 is 45.0. The summed E-state index contributed by atoms with van der Waals surface area (Å²) in [7, 11) is 0. The molecule has 0 amide bonds. The van der Waals surface area contributed by atoms with E-state index in [-0.39, 0.29) is 16.8 Å². The standard InChI is InChI=1S/C15H18F3N3O/c1-10-19-13-9-11(22-7-6-21-4-2-3-5-21)8-12(14(13)20-10)15(16,17)18/h8-9H,2-7H2,1H3,(H,19,20). The maximum absolute atomic E-state index is 13.2. The number of H-pyrrole nitrogens is 1. The van der Waals surface area contributed by atoms with Crippen LogP contribution in [0, 0.1) is 6.92 Å². The van der Waals surface area contributed by atoms with Crippen molar-refractivity contribution >= 4 is 11.0 Å². The molecule has 1 N–H and O–H groups in total. The molecule has 2 aromatic rings. The van der Waals surface area contributed by atoms with E-state index in [1.54, 1.807) is 13.0 Å². The van der Waals surface area contributed by atoms with E-state index in [1.807, 2.05) is 0 Å². The van der Waals surface area contributed by atoms with Gasteiger partial charge in [-0.3, -0.25) is 4.90 Å². The summed E-state index contributed by atoms with van der Waals surface area (Å²) in [5.41, 5.74) is -0.442. The minimum atomic E-state index is -4.44. The largest absolute Gasteiger partial charge is 0.492 e. The Hall–Kier alpha value is -1.76. The van der Waals surface area contributed by atoms with E-state index < -0.39 is 11.7 Å². The smallest absolute Gasteiger partial charge is 0.418 e. The third-order valence-corrected chi connectivity index (χ3v) is 3.87. The second-order valence-corrected chi connectivity index (χ2v) is 5.58. The summed E-state index contributed by atoms with van der Waals surface area (Å²) in [6, 6.07) is 2.60. The molecule has 3 rings (SSSR count). The van der Waals surface area contributed by atoms with Crippen LogP contribution in [-0.2, 0) is 6.18 Å². The second-order valence-electron chi connectivity index (χ2n) is 5.58. The number of aromatic amines is 1. The van der Waals surface area contributed by atoms with E-state index in [1.165, 1.54) is 12.8 Å². The molecule has 0 bridgehead atoms. The van der Waals surface area contributed by atoms with Gasteiger partial charge in [0.05, 0.1) is 16.6 Å². The number of halogens is 3. The van der Waals surface area contributed by atoms with E-state index in [4.69, 9.17) is 4.74 Å². The number of benzene rings is 1. The molecule has 0 radical (unpaired) electrons. The Bertz CT molecular complexity index is 660. The van der Waals surface area contributed by atoms with Gasteiger partial charge in [-0.2, -0.15) is 13.2 Å². The van der Waals surface area contributed by atoms with Crippen molar-refractivity contribution in [2.24, 2.45) is 0 Å². The van der Waals surface area contributed by atoms with Gasteiger partial charge in [0.15, 0.2) is 0 Å². The number of likely N-dealkylation sites (tertiary alicyclic amines) is 1. The zero-order valence-electron chi connectivity index (χ0n) is 12.3. The number of nitrogens with one attached hydrogen (secondary N) is 1. The predicted molar refractivity (Wildman–Crippen MR) is 77.0 cm³/mol. The average Bonchev–Trinajstić information content (AvgIpc) is 3.04. The van der Waals surface area contributed by atoms with Crippen LogP contribution in [0.15, 0.2) is 12.1 Å². The highest BCUT2D eigenvalue weighted by atomic mass is 19.4. The van der Waals surface area contributed by atoms with Gasteiger partial charge in [-0.05, 0) is 38.9 Å². The van der Waals surface area contributed by atoms with Crippen molar-refractivity contribution in [3.8, 4) is 5.75 Å². The minimum Gasteiger partial charge on any atom is -0.492 e. The zero-order valence-corrected chi connectivity index (χ0v) is 12.3. The molecule has 1 aliphatic heterocycles. The molecule has 1 aromatic carbocycles. The molecule has 120 valence electrons. The van der Waals surface area contributed by atoms with Gasteiger partial charge in [-0.1, -0.05) is 0 Å². The molecular weight excluding hydrogens is 295 g/mol. The van der Waals surface area contributed by atoms with Gasteiger partial charge in [-0.25, -0.2) is 4.98 Å². The fraction of sp³-hybridized carbons (Fsp3) is 0.533. The van der Waals surface area contributed by atoms with Crippen molar-refractivity contribution < 1.29 is 17.9 Å². The number of aromatic nitrogens is 2. The van der Waals surface area contributed by atoms with Crippen molar-refractivity contribution in [2.45, 2.75) is 25.9 Å². The minimum absolute atomic E-state index is 0.0110. The van der Waals surface area contributed by atoms with Crippen LogP contribution in [0.4, 0.5) is 13.2 Å². The van der Waals surface area contributed by atoms with E-state index >= 15 is 0 Å². The summed E-state index contributed by atoms with van der Waals surface area (Å²) >= 11 is 0. The van der Waals surface area contributed by atoms with E-state index in [9.17, 15) is 13.2 Å². The first-order valence-corrected chi connectivity index (χ1v) is 7.36. The first-order valence-electron chi connectivity index (χ1n) is 7.36. The molecule has 22 heavy (non-hydrogen) atoms. The van der Waals surface area contributed by atoms with Crippen LogP contribution in [0.25, 0.3) is 11.0 Å². The molecule has 1 aromatic heterocycles. The van der Waals surface area contributed by atoms with Gasteiger partial charge in [0.2, 0.25) is 0 Å². The van der Waals surface area contributed by atoms with Gasteiger partial charge < -0.3 is 9.72 Å². The number of hydrogen-bond acceptors (Lipinski definition) is 3. The number of alkyl halides is 3. The normalized spacial score (nSPS) is 16.5. The van der Waals surface area contributed by atoms with Gasteiger partial charge in [0, 0.05) is 12.6 Å². The first-order chi connectivity index (χ1) is 10.4. The van der Waals surface area contributed by atoms with Crippen molar-refractivity contribution in [3.63, 3.8) is 0 Å². The Morgan fingerprint density at radius 1 is 1.27 bits per heavy atom. The Kier molecular flexibility index (Phi) is 3.99. The number of fused-ring (bicyclic) bond motifs is 1. The number of hydrogen-bond donors (Lipinski definition) is 1. The molecule has 0 unspecified atom stereocenters. The number of ether oxygens (including phenoxy) is 1. The molecule has 1 fully saturated rings. The summed E-state index contributed by atoms with van der Waals surface area (Å²) in [5.74, 6) is 0.667. The fourth-order valence-electron chi connectivity index (χ4n) is 2.82. The summed E-state index contributed by atoms with van der Waals surface area (Å²) in [4.78, 5) is 9.01. The Balaban J connectivity index is 1.80. The fourth-order valence-corrected chi connectivity index (χ4v) is 2.82. The van der Waals surface area contributed by atoms with Crippen LogP contribution in [0.1, 0.15) is 24.2 Å². The quantitative estimate of drug-likeness (QED) is 0.941. The first kappa shape index (κ1) is 15.1. The number of imidazole rings is 1. The molecular formula is C15H18F3N3O. The van der Waals surface area contributed by atoms with E-state index in [0.29, 0.717) is 12.4 Å². The highest BCUT2D eigenvalue weighted by Gasteiger charge is 2.34. The number of aryl methyl sites for hydroxylation is 1. The predicted octanol–water partition coefficient (Wildman–Crippen LogP) is 3.36. The van der Waals surface area contributed by atoms with Crippen LogP contribution < -0.4 is 4.74 Å². The molecule has 2 heterocycles. The summed E-state index contributed by atoms with van der Waals surface area (Å²) in [6.07, 6.45) is -2.08. The third-order valence-electron chi connectivity index (χ3n) is 3.87. The molecule has 0 spiro atoms. The Morgan fingerprint density at radius 2 is 2.00 bits per heavy atom. The lowest BCUT2D eigenvalue weighted by Gasteiger charge is -2.16. The topological polar surface area (TPSA) is 41.1 Å². The van der Waals surface area contributed by atoms with E-state index in [2.05, 4.69) is 14.9 Å². The average molecular weight is 313 g/mol. The Morgan fingerprint density at radius 3 is 2.68 bits per heavy atom. The van der Waals surface area contributed by atoms with Crippen molar-refractivity contribution in [1.82, 2.24) is 14.9 Å². The number of nitrogens with zero attached hydrogens (tertiary/aromatic N) is 2. The van der Waals surface area contributed by atoms with E-state index in [0.717, 1.165) is 25.7 Å². The molecule has 7 heteroatoms. The summed E-state index contributed by atoms with van der Waals surface area (Å²) in [5, 5.41) is 0. The molecule has 0 saturated carbocycles. The Labute approximate surface area is 126 Å². The van der Waals surface area contributed by atoms with Gasteiger partial charge >= 0.3 is 6.18 Å². The molecule has 1 aliphatic rings. The molecule has 1 saturated heterocycles. The number of rotatable bonds is 4. The van der Waals surface area contributed by atoms with Gasteiger partial charge in [0.1, 0.15) is 18.2 Å². The molecule has 0 atom stereocenters. The van der Waals surface area contributed by atoms with Gasteiger partial charge in [-0.15, -0.1) is 0 Å². The molecule has 0 aliphatic carbocycles. The maximum atomic E-state index is 13.2. The summed E-state index contributed by atoms with van der Waals surface area (Å²) in [6.45, 7) is 4.82. The lowest BCUT2D eigenvalue weighted by molar-refractivity contribution is -0.136. The SMILES string of the molecule is Cc1nc2cc(OCCN3CCCC3)cc(C(F)(F)F)c2[nH]1. The lowest BCUT2D eigenvalue weighted by Crippen LogP contribution is -2.25. The van der Waals surface area contributed by atoms with Crippen LogP contribution in [0.2, 0.25) is 0 Å². The molecule has 4 nitrogen and oxygen atoms in total. The maximum Gasteiger partial charge on any atom is 0.418 e.